The zero-order chi connectivity index (χ0) is 20.9. The summed E-state index contributed by atoms with van der Waals surface area (Å²) < 4.78 is 0. The number of hydrogen-bond donors (Lipinski definition) is 2. The number of nitrogens with one attached hydrogen (secondary N) is 2. The van der Waals surface area contributed by atoms with E-state index in [1.54, 1.807) is 6.08 Å². The van der Waals surface area contributed by atoms with E-state index in [-0.39, 0.29) is 18.4 Å². The maximum absolute atomic E-state index is 12.9. The number of imide groups is 1. The van der Waals surface area contributed by atoms with Gasteiger partial charge in [-0.1, -0.05) is 43.3 Å². The highest BCUT2D eigenvalue weighted by Crippen LogP contribution is 2.35. The molecule has 1 saturated heterocycles. The zero-order valence-corrected chi connectivity index (χ0v) is 17.0. The molecule has 29 heavy (non-hydrogen) atoms. The van der Waals surface area contributed by atoms with Gasteiger partial charge in [-0.3, -0.25) is 19.9 Å². The molecule has 1 spiro atoms. The molecule has 7 heteroatoms. The summed E-state index contributed by atoms with van der Waals surface area (Å²) in [6.45, 7) is 7.20. The minimum atomic E-state index is -0.856. The van der Waals surface area contributed by atoms with Crippen LogP contribution >= 0.6 is 0 Å². The van der Waals surface area contributed by atoms with Crippen LogP contribution in [0.25, 0.3) is 0 Å². The average molecular weight is 399 g/mol. The topological polar surface area (TPSA) is 81.8 Å². The molecule has 0 unspecified atom stereocenters. The molecule has 2 aliphatic rings. The highest BCUT2D eigenvalue weighted by molar-refractivity contribution is 6.08. The predicted molar refractivity (Wildman–Crippen MR) is 111 cm³/mol. The molecule has 3 rings (SSSR count). The number of amides is 4. The lowest BCUT2D eigenvalue weighted by atomic mass is 9.77. The van der Waals surface area contributed by atoms with Gasteiger partial charge < -0.3 is 5.32 Å². The van der Waals surface area contributed by atoms with E-state index in [0.29, 0.717) is 31.8 Å². The first-order chi connectivity index (χ1) is 13.9. The number of hydrazine groups is 1. The monoisotopic (exact) mass is 398 g/mol. The largest absolute Gasteiger partial charge is 0.344 e. The van der Waals surface area contributed by atoms with Gasteiger partial charge in [0, 0.05) is 13.1 Å². The number of carbonyl (C=O) groups is 3. The van der Waals surface area contributed by atoms with Gasteiger partial charge in [-0.15, -0.1) is 6.58 Å². The van der Waals surface area contributed by atoms with E-state index in [9.17, 15) is 14.4 Å². The summed E-state index contributed by atoms with van der Waals surface area (Å²) in [5.41, 5.74) is 2.83. The maximum Gasteiger partial charge on any atom is 0.344 e. The highest BCUT2D eigenvalue weighted by Gasteiger charge is 2.52. The molecule has 7 nitrogen and oxygen atoms in total. The number of urea groups is 1. The average Bonchev–Trinajstić information content (AvgIpc) is 2.93. The predicted octanol–water partition coefficient (Wildman–Crippen LogP) is 2.25. The van der Waals surface area contributed by atoms with Gasteiger partial charge in [0.15, 0.2) is 0 Å². The minimum Gasteiger partial charge on any atom is -0.322 e. The van der Waals surface area contributed by atoms with Crippen LogP contribution in [0.5, 0.6) is 0 Å². The SMILES string of the molecule is C=CCN(CCc1ccccc1)CC(=O)NN1C(=O)NC2(CCC(C)CC2)C1=O. The van der Waals surface area contributed by atoms with E-state index >= 15 is 0 Å². The lowest BCUT2D eigenvalue weighted by Crippen LogP contribution is -2.53. The minimum absolute atomic E-state index is 0.0833. The molecule has 0 radical (unpaired) electrons. The van der Waals surface area contributed by atoms with Crippen molar-refractivity contribution in [3.8, 4) is 0 Å². The Morgan fingerprint density at radius 1 is 1.31 bits per heavy atom. The van der Waals surface area contributed by atoms with Crippen LogP contribution in [-0.4, -0.2) is 52.9 Å². The smallest absolute Gasteiger partial charge is 0.322 e. The fraction of sp³-hybridized carbons (Fsp3) is 0.500. The second-order valence-electron chi connectivity index (χ2n) is 8.13. The van der Waals surface area contributed by atoms with Crippen LogP contribution in [0.3, 0.4) is 0 Å². The molecule has 2 N–H and O–H groups in total. The molecule has 1 aliphatic carbocycles. The lowest BCUT2D eigenvalue weighted by molar-refractivity contribution is -0.140. The van der Waals surface area contributed by atoms with Gasteiger partial charge in [-0.05, 0) is 43.6 Å². The van der Waals surface area contributed by atoms with Crippen molar-refractivity contribution in [1.29, 1.82) is 0 Å². The summed E-state index contributed by atoms with van der Waals surface area (Å²) in [6, 6.07) is 9.49. The number of benzene rings is 1. The third-order valence-corrected chi connectivity index (χ3v) is 5.84. The molecule has 1 heterocycles. The van der Waals surface area contributed by atoms with Gasteiger partial charge in [-0.25, -0.2) is 4.79 Å². The summed E-state index contributed by atoms with van der Waals surface area (Å²) in [6.07, 6.45) is 5.55. The second-order valence-corrected chi connectivity index (χ2v) is 8.13. The summed E-state index contributed by atoms with van der Waals surface area (Å²) in [5, 5.41) is 3.68. The Kier molecular flexibility index (Phi) is 6.69. The van der Waals surface area contributed by atoms with Crippen LogP contribution in [0.1, 0.15) is 38.2 Å². The van der Waals surface area contributed by atoms with E-state index in [1.807, 2.05) is 35.2 Å². The van der Waals surface area contributed by atoms with Crippen molar-refractivity contribution < 1.29 is 14.4 Å². The number of rotatable bonds is 8. The molecule has 2 fully saturated rings. The molecule has 1 aromatic rings. The zero-order valence-electron chi connectivity index (χ0n) is 17.0. The van der Waals surface area contributed by atoms with Crippen LogP contribution in [0, 0.1) is 5.92 Å². The number of hydrogen-bond acceptors (Lipinski definition) is 4. The molecule has 0 atom stereocenters. The van der Waals surface area contributed by atoms with Gasteiger partial charge in [0.05, 0.1) is 6.54 Å². The fourth-order valence-corrected chi connectivity index (χ4v) is 4.03. The normalized spacial score (nSPS) is 24.1. The quantitative estimate of drug-likeness (QED) is 0.520. The van der Waals surface area contributed by atoms with Gasteiger partial charge in [0.1, 0.15) is 5.54 Å². The fourth-order valence-electron chi connectivity index (χ4n) is 4.03. The third-order valence-electron chi connectivity index (χ3n) is 5.84. The molecule has 0 aromatic heterocycles. The summed E-state index contributed by atoms with van der Waals surface area (Å²) in [4.78, 5) is 39.7. The summed E-state index contributed by atoms with van der Waals surface area (Å²) in [7, 11) is 0. The summed E-state index contributed by atoms with van der Waals surface area (Å²) in [5.74, 6) is -0.182. The Balaban J connectivity index is 1.56. The molecule has 1 saturated carbocycles. The first-order valence-electron chi connectivity index (χ1n) is 10.3. The Labute approximate surface area is 172 Å². The first-order valence-corrected chi connectivity index (χ1v) is 10.3. The molecule has 0 bridgehead atoms. The molecular formula is C22H30N4O3. The first kappa shape index (κ1) is 21.0. The number of nitrogens with zero attached hydrogens (tertiary/aromatic N) is 2. The Hall–Kier alpha value is -2.67. The van der Waals surface area contributed by atoms with Gasteiger partial charge >= 0.3 is 6.03 Å². The van der Waals surface area contributed by atoms with Gasteiger partial charge in [0.2, 0.25) is 0 Å². The number of carbonyl (C=O) groups excluding carboxylic acids is 3. The molecule has 1 aromatic carbocycles. The standard InChI is InChI=1S/C22H30N4O3/c1-3-14-25(15-11-18-7-5-4-6-8-18)16-19(27)24-26-20(28)22(23-21(26)29)12-9-17(2)10-13-22/h3-8,17H,1,9-16H2,2H3,(H,23,29)(H,24,27). The lowest BCUT2D eigenvalue weighted by Gasteiger charge is -2.33. The molecule has 156 valence electrons. The van der Waals surface area contributed by atoms with E-state index in [2.05, 4.69) is 24.2 Å². The Morgan fingerprint density at radius 2 is 2.00 bits per heavy atom. The van der Waals surface area contributed by atoms with Crippen molar-refractivity contribution >= 4 is 17.8 Å². The van der Waals surface area contributed by atoms with E-state index < -0.39 is 11.6 Å². The van der Waals surface area contributed by atoms with Crippen LogP contribution in [0.15, 0.2) is 43.0 Å². The van der Waals surface area contributed by atoms with Crippen LogP contribution in [0.4, 0.5) is 4.79 Å². The Bertz CT molecular complexity index is 757. The van der Waals surface area contributed by atoms with Crippen molar-refractivity contribution in [3.63, 3.8) is 0 Å². The Morgan fingerprint density at radius 3 is 2.66 bits per heavy atom. The van der Waals surface area contributed by atoms with Gasteiger partial charge in [0.25, 0.3) is 11.8 Å². The van der Waals surface area contributed by atoms with Crippen molar-refractivity contribution in [2.45, 2.75) is 44.6 Å². The summed E-state index contributed by atoms with van der Waals surface area (Å²) >= 11 is 0. The van der Waals surface area contributed by atoms with E-state index in [4.69, 9.17) is 0 Å². The molecule has 1 aliphatic heterocycles. The maximum atomic E-state index is 12.9. The van der Waals surface area contributed by atoms with Crippen LogP contribution in [-0.2, 0) is 16.0 Å². The van der Waals surface area contributed by atoms with Crippen molar-refractivity contribution in [1.82, 2.24) is 20.7 Å². The van der Waals surface area contributed by atoms with E-state index in [1.165, 1.54) is 5.56 Å². The van der Waals surface area contributed by atoms with Crippen LogP contribution in [0.2, 0.25) is 0 Å². The second kappa shape index (κ2) is 9.22. The highest BCUT2D eigenvalue weighted by atomic mass is 16.2. The van der Waals surface area contributed by atoms with E-state index in [0.717, 1.165) is 24.3 Å². The van der Waals surface area contributed by atoms with Crippen molar-refractivity contribution in [3.05, 3.63) is 48.6 Å². The van der Waals surface area contributed by atoms with Crippen molar-refractivity contribution in [2.75, 3.05) is 19.6 Å². The van der Waals surface area contributed by atoms with Crippen LogP contribution < -0.4 is 10.7 Å². The van der Waals surface area contributed by atoms with Gasteiger partial charge in [-0.2, -0.15) is 5.01 Å². The molecular weight excluding hydrogens is 368 g/mol. The third kappa shape index (κ3) is 5.03. The molecule has 4 amide bonds. The van der Waals surface area contributed by atoms with Crippen molar-refractivity contribution in [2.24, 2.45) is 5.92 Å².